The summed E-state index contributed by atoms with van der Waals surface area (Å²) in [5.41, 5.74) is 0.863. The molecular formula is C12H14FN3. The van der Waals surface area contributed by atoms with Gasteiger partial charge in [0.05, 0.1) is 18.5 Å². The molecule has 1 unspecified atom stereocenters. The molecule has 1 N–H and O–H groups in total. The molecule has 1 heterocycles. The third-order valence-electron chi connectivity index (χ3n) is 2.82. The van der Waals surface area contributed by atoms with Crippen molar-refractivity contribution in [3.05, 3.63) is 30.1 Å². The minimum Gasteiger partial charge on any atom is -0.365 e. The number of hydrogen-bond acceptors (Lipinski definition) is 3. The number of nitrogens with one attached hydrogen (secondary N) is 1. The van der Waals surface area contributed by atoms with Gasteiger partial charge in [-0.1, -0.05) is 6.07 Å². The van der Waals surface area contributed by atoms with E-state index in [1.165, 1.54) is 12.1 Å². The lowest BCUT2D eigenvalue weighted by Crippen LogP contribution is -2.51. The van der Waals surface area contributed by atoms with E-state index in [2.05, 4.69) is 16.3 Å². The SMILES string of the molecule is N#CCC1CNCCN1c1cccc(F)c1. The summed E-state index contributed by atoms with van der Waals surface area (Å²) in [4.78, 5) is 2.10. The summed E-state index contributed by atoms with van der Waals surface area (Å²) in [7, 11) is 0. The van der Waals surface area contributed by atoms with Crippen LogP contribution in [0, 0.1) is 17.1 Å². The highest BCUT2D eigenvalue weighted by molar-refractivity contribution is 5.48. The highest BCUT2D eigenvalue weighted by atomic mass is 19.1. The lowest BCUT2D eigenvalue weighted by atomic mass is 10.1. The summed E-state index contributed by atoms with van der Waals surface area (Å²) in [6, 6.07) is 8.87. The number of nitrogens with zero attached hydrogens (tertiary/aromatic N) is 2. The van der Waals surface area contributed by atoms with E-state index < -0.39 is 0 Å². The first-order valence-corrected chi connectivity index (χ1v) is 5.41. The fraction of sp³-hybridized carbons (Fsp3) is 0.417. The molecule has 0 radical (unpaired) electrons. The third-order valence-corrected chi connectivity index (χ3v) is 2.82. The van der Waals surface area contributed by atoms with Gasteiger partial charge >= 0.3 is 0 Å². The summed E-state index contributed by atoms with van der Waals surface area (Å²) in [5.74, 6) is -0.230. The first-order valence-electron chi connectivity index (χ1n) is 5.41. The van der Waals surface area contributed by atoms with Crippen molar-refractivity contribution in [3.63, 3.8) is 0 Å². The normalized spacial score (nSPS) is 20.5. The van der Waals surface area contributed by atoms with Crippen LogP contribution < -0.4 is 10.2 Å². The molecule has 1 aromatic carbocycles. The predicted molar refractivity (Wildman–Crippen MR) is 60.6 cm³/mol. The van der Waals surface area contributed by atoms with Crippen LogP contribution in [0.4, 0.5) is 10.1 Å². The van der Waals surface area contributed by atoms with Gasteiger partial charge in [-0.3, -0.25) is 0 Å². The number of anilines is 1. The Morgan fingerprint density at radius 3 is 3.19 bits per heavy atom. The van der Waals surface area contributed by atoms with Crippen molar-refractivity contribution in [1.82, 2.24) is 5.32 Å². The molecule has 1 fully saturated rings. The third kappa shape index (κ3) is 2.31. The van der Waals surface area contributed by atoms with Crippen molar-refractivity contribution in [1.29, 1.82) is 5.26 Å². The van der Waals surface area contributed by atoms with Crippen molar-refractivity contribution in [2.75, 3.05) is 24.5 Å². The van der Waals surface area contributed by atoms with Gasteiger partial charge in [0.15, 0.2) is 0 Å². The Labute approximate surface area is 94.5 Å². The van der Waals surface area contributed by atoms with Crippen molar-refractivity contribution in [2.24, 2.45) is 0 Å². The molecule has 0 spiro atoms. The molecule has 2 rings (SSSR count). The molecule has 0 bridgehead atoms. The smallest absolute Gasteiger partial charge is 0.125 e. The maximum atomic E-state index is 13.1. The molecule has 84 valence electrons. The number of nitriles is 1. The molecule has 0 amide bonds. The van der Waals surface area contributed by atoms with Gasteiger partial charge in [-0.05, 0) is 18.2 Å². The number of piperazine rings is 1. The average molecular weight is 219 g/mol. The minimum atomic E-state index is -0.230. The van der Waals surface area contributed by atoms with Gasteiger partial charge in [0.25, 0.3) is 0 Å². The Morgan fingerprint density at radius 2 is 2.44 bits per heavy atom. The van der Waals surface area contributed by atoms with Crippen LogP contribution in [0.2, 0.25) is 0 Å². The molecule has 4 heteroatoms. The fourth-order valence-electron chi connectivity index (χ4n) is 2.04. The standard InChI is InChI=1S/C12H14FN3/c13-10-2-1-3-11(8-10)16-7-6-15-9-12(16)4-5-14/h1-3,8,12,15H,4,6-7,9H2. The first kappa shape index (κ1) is 10.9. The topological polar surface area (TPSA) is 39.1 Å². The van der Waals surface area contributed by atoms with Crippen molar-refractivity contribution in [3.8, 4) is 6.07 Å². The minimum absolute atomic E-state index is 0.139. The van der Waals surface area contributed by atoms with Gasteiger partial charge in [-0.2, -0.15) is 5.26 Å². The number of halogens is 1. The zero-order valence-corrected chi connectivity index (χ0v) is 8.99. The summed E-state index contributed by atoms with van der Waals surface area (Å²) < 4.78 is 13.1. The first-order chi connectivity index (χ1) is 7.81. The van der Waals surface area contributed by atoms with Gasteiger partial charge in [0.1, 0.15) is 5.82 Å². The Balaban J connectivity index is 2.20. The number of hydrogen-bond donors (Lipinski definition) is 1. The molecule has 3 nitrogen and oxygen atoms in total. The predicted octanol–water partition coefficient (Wildman–Crippen LogP) is 1.52. The van der Waals surface area contributed by atoms with E-state index in [1.807, 2.05) is 6.07 Å². The zero-order chi connectivity index (χ0) is 11.4. The zero-order valence-electron chi connectivity index (χ0n) is 8.99. The molecule has 0 saturated carbocycles. The maximum absolute atomic E-state index is 13.1. The molecule has 1 aliphatic heterocycles. The van der Waals surface area contributed by atoms with Gasteiger partial charge in [-0.15, -0.1) is 0 Å². The molecule has 1 aromatic rings. The number of benzene rings is 1. The van der Waals surface area contributed by atoms with E-state index in [4.69, 9.17) is 5.26 Å². The van der Waals surface area contributed by atoms with Crippen LogP contribution in [0.15, 0.2) is 24.3 Å². The van der Waals surface area contributed by atoms with E-state index in [-0.39, 0.29) is 11.9 Å². The largest absolute Gasteiger partial charge is 0.365 e. The highest BCUT2D eigenvalue weighted by Gasteiger charge is 2.22. The van der Waals surface area contributed by atoms with Crippen molar-refractivity contribution in [2.45, 2.75) is 12.5 Å². The molecule has 1 aliphatic rings. The highest BCUT2D eigenvalue weighted by Crippen LogP contribution is 2.20. The Morgan fingerprint density at radius 1 is 1.56 bits per heavy atom. The molecule has 1 atom stereocenters. The summed E-state index contributed by atoms with van der Waals surface area (Å²) in [6.07, 6.45) is 0.462. The molecule has 0 aromatic heterocycles. The Hall–Kier alpha value is -1.60. The van der Waals surface area contributed by atoms with Crippen LogP contribution in [0.25, 0.3) is 0 Å². The van der Waals surface area contributed by atoms with Crippen molar-refractivity contribution < 1.29 is 4.39 Å². The monoisotopic (exact) mass is 219 g/mol. The Bertz CT molecular complexity index is 399. The van der Waals surface area contributed by atoms with Crippen LogP contribution in [-0.2, 0) is 0 Å². The van der Waals surface area contributed by atoms with Crippen molar-refractivity contribution >= 4 is 5.69 Å². The summed E-state index contributed by atoms with van der Waals surface area (Å²) in [5, 5.41) is 12.0. The summed E-state index contributed by atoms with van der Waals surface area (Å²) >= 11 is 0. The van der Waals surface area contributed by atoms with E-state index in [1.54, 1.807) is 6.07 Å². The van der Waals surface area contributed by atoms with Gasteiger partial charge in [0, 0.05) is 25.3 Å². The van der Waals surface area contributed by atoms with E-state index in [9.17, 15) is 4.39 Å². The molecular weight excluding hydrogens is 205 g/mol. The lowest BCUT2D eigenvalue weighted by molar-refractivity contribution is 0.480. The second-order valence-electron chi connectivity index (χ2n) is 3.89. The van der Waals surface area contributed by atoms with E-state index in [0.717, 1.165) is 25.3 Å². The molecule has 16 heavy (non-hydrogen) atoms. The van der Waals surface area contributed by atoms with Crippen LogP contribution in [0.3, 0.4) is 0 Å². The van der Waals surface area contributed by atoms with E-state index in [0.29, 0.717) is 6.42 Å². The second kappa shape index (κ2) is 4.95. The lowest BCUT2D eigenvalue weighted by Gasteiger charge is -2.36. The second-order valence-corrected chi connectivity index (χ2v) is 3.89. The van der Waals surface area contributed by atoms with Crippen LogP contribution in [-0.4, -0.2) is 25.7 Å². The Kier molecular flexibility index (Phi) is 3.37. The van der Waals surface area contributed by atoms with Crippen LogP contribution >= 0.6 is 0 Å². The quantitative estimate of drug-likeness (QED) is 0.819. The number of rotatable bonds is 2. The molecule has 0 aliphatic carbocycles. The van der Waals surface area contributed by atoms with Gasteiger partial charge in [-0.25, -0.2) is 4.39 Å². The average Bonchev–Trinajstić information content (AvgIpc) is 2.30. The summed E-state index contributed by atoms with van der Waals surface area (Å²) in [6.45, 7) is 2.47. The van der Waals surface area contributed by atoms with Gasteiger partial charge < -0.3 is 10.2 Å². The fourth-order valence-corrected chi connectivity index (χ4v) is 2.04. The van der Waals surface area contributed by atoms with Crippen LogP contribution in [0.1, 0.15) is 6.42 Å². The van der Waals surface area contributed by atoms with E-state index >= 15 is 0 Å². The van der Waals surface area contributed by atoms with Gasteiger partial charge in [0.2, 0.25) is 0 Å². The molecule has 1 saturated heterocycles. The maximum Gasteiger partial charge on any atom is 0.125 e. The van der Waals surface area contributed by atoms with Crippen LogP contribution in [0.5, 0.6) is 0 Å².